The number of hydrogen-bond acceptors (Lipinski definition) is 4. The molecule has 185 valence electrons. The molecule has 0 saturated heterocycles. The molecule has 4 nitrogen and oxygen atoms in total. The third-order valence-electron chi connectivity index (χ3n) is 8.49. The first-order chi connectivity index (χ1) is 14.5. The van der Waals surface area contributed by atoms with Gasteiger partial charge >= 0.3 is 0 Å². The van der Waals surface area contributed by atoms with Crippen molar-refractivity contribution in [3.8, 4) is 0 Å². The molecule has 0 rings (SSSR count). The molecule has 0 bridgehead atoms. The van der Waals surface area contributed by atoms with Gasteiger partial charge in [0.15, 0.2) is 5.78 Å². The van der Waals surface area contributed by atoms with Gasteiger partial charge < -0.3 is 0 Å². The molecule has 32 heavy (non-hydrogen) atoms. The van der Waals surface area contributed by atoms with E-state index in [1.165, 1.54) is 0 Å². The van der Waals surface area contributed by atoms with Crippen LogP contribution in [0.2, 0.25) is 0 Å². The Morgan fingerprint density at radius 1 is 0.781 bits per heavy atom. The van der Waals surface area contributed by atoms with Crippen LogP contribution in [0.15, 0.2) is 0 Å². The summed E-state index contributed by atoms with van der Waals surface area (Å²) >= 11 is 0. The highest BCUT2D eigenvalue weighted by atomic mass is 16.2. The molecule has 5 atom stereocenters. The Balaban J connectivity index is 6.61. The van der Waals surface area contributed by atoms with Crippen molar-refractivity contribution in [3.05, 3.63) is 0 Å². The van der Waals surface area contributed by atoms with Crippen LogP contribution in [0.1, 0.15) is 109 Å². The van der Waals surface area contributed by atoms with Crippen molar-refractivity contribution in [1.29, 1.82) is 0 Å². The molecule has 0 aromatic heterocycles. The van der Waals surface area contributed by atoms with E-state index in [2.05, 4.69) is 6.29 Å². The van der Waals surface area contributed by atoms with Gasteiger partial charge in [-0.15, -0.1) is 0 Å². The minimum Gasteiger partial charge on any atom is -0.299 e. The average Bonchev–Trinajstić information content (AvgIpc) is 2.74. The van der Waals surface area contributed by atoms with Gasteiger partial charge in [-0.25, -0.2) is 0 Å². The highest BCUT2D eigenvalue weighted by Gasteiger charge is 2.54. The smallest absolute Gasteiger partial charge is 0.213 e. The van der Waals surface area contributed by atoms with E-state index in [4.69, 9.17) is 0 Å². The third-order valence-corrected chi connectivity index (χ3v) is 8.49. The number of carbonyl (C=O) groups excluding carboxylic acids is 4. The molecule has 0 N–H and O–H groups in total. The predicted molar refractivity (Wildman–Crippen MR) is 132 cm³/mol. The van der Waals surface area contributed by atoms with Crippen molar-refractivity contribution in [1.82, 2.24) is 0 Å². The molecule has 1 radical (unpaired) electrons. The van der Waals surface area contributed by atoms with Crippen LogP contribution in [-0.4, -0.2) is 23.6 Å². The second-order valence-corrected chi connectivity index (χ2v) is 11.5. The number of ketones is 3. The topological polar surface area (TPSA) is 68.3 Å². The number of carbonyl (C=O) groups is 3. The van der Waals surface area contributed by atoms with Crippen molar-refractivity contribution in [2.75, 3.05) is 0 Å². The summed E-state index contributed by atoms with van der Waals surface area (Å²) in [5.74, 6) is -2.50. The molecule has 5 unspecified atom stereocenters. The van der Waals surface area contributed by atoms with Crippen LogP contribution in [0.5, 0.6) is 0 Å². The second-order valence-electron chi connectivity index (χ2n) is 11.5. The molecule has 0 aromatic carbocycles. The van der Waals surface area contributed by atoms with Gasteiger partial charge in [-0.05, 0) is 30.1 Å². The fourth-order valence-electron chi connectivity index (χ4n) is 4.86. The maximum Gasteiger partial charge on any atom is 0.213 e. The van der Waals surface area contributed by atoms with Crippen LogP contribution in [0.3, 0.4) is 0 Å². The van der Waals surface area contributed by atoms with Gasteiger partial charge in [-0.1, -0.05) is 95.9 Å². The number of hydrogen-bond donors (Lipinski definition) is 0. The standard InChI is InChI=1S/C28H49O4/c1-13-18(5)23(30)22(24(31)20(7)26(8,9)10)19(6)27(11,12)25(32)28(16-4,17-29)21(14-2)15-3/h18-22H,13-16H2,1-12H3. The fraction of sp³-hybridized carbons (Fsp3) is 0.857. The molecular weight excluding hydrogens is 400 g/mol. The molecule has 0 aliphatic heterocycles. The zero-order valence-electron chi connectivity index (χ0n) is 22.8. The Bertz CT molecular complexity index is 665. The van der Waals surface area contributed by atoms with Gasteiger partial charge in [0.2, 0.25) is 6.29 Å². The summed E-state index contributed by atoms with van der Waals surface area (Å²) in [6, 6.07) is 0. The quantitative estimate of drug-likeness (QED) is 0.279. The number of rotatable bonds is 14. The first kappa shape index (κ1) is 30.7. The van der Waals surface area contributed by atoms with Gasteiger partial charge in [-0.2, -0.15) is 0 Å². The lowest BCUT2D eigenvalue weighted by Crippen LogP contribution is -2.52. The molecular formula is C28H49O4. The normalized spacial score (nSPS) is 18.4. The summed E-state index contributed by atoms with van der Waals surface area (Å²) in [6.07, 6.45) is 4.55. The SMILES string of the molecule is CCC(C)C(=O)C(C(=O)C(C)C(C)(C)C)C(C)C(C)(C)C(=O)C([C]=O)(CC)C(CC)CC. The van der Waals surface area contributed by atoms with Crippen LogP contribution in [0.25, 0.3) is 0 Å². The highest BCUT2D eigenvalue weighted by molar-refractivity contribution is 6.07. The molecule has 0 saturated carbocycles. The summed E-state index contributed by atoms with van der Waals surface area (Å²) in [7, 11) is 0. The van der Waals surface area contributed by atoms with Crippen molar-refractivity contribution in [3.63, 3.8) is 0 Å². The maximum atomic E-state index is 14.0. The Morgan fingerprint density at radius 2 is 1.25 bits per heavy atom. The van der Waals surface area contributed by atoms with Gasteiger partial charge in [0, 0.05) is 17.3 Å². The fourth-order valence-corrected chi connectivity index (χ4v) is 4.86. The Hall–Kier alpha value is -1.32. The van der Waals surface area contributed by atoms with Crippen LogP contribution in [0.4, 0.5) is 0 Å². The first-order valence-corrected chi connectivity index (χ1v) is 12.6. The molecule has 4 heteroatoms. The van der Waals surface area contributed by atoms with Gasteiger partial charge in [0.25, 0.3) is 0 Å². The van der Waals surface area contributed by atoms with Crippen molar-refractivity contribution in [2.24, 2.45) is 45.8 Å². The van der Waals surface area contributed by atoms with Crippen LogP contribution in [-0.2, 0) is 19.2 Å². The highest BCUT2D eigenvalue weighted by Crippen LogP contribution is 2.47. The molecule has 0 aliphatic carbocycles. The van der Waals surface area contributed by atoms with E-state index in [0.717, 1.165) is 0 Å². The van der Waals surface area contributed by atoms with E-state index in [1.807, 2.05) is 69.2 Å². The largest absolute Gasteiger partial charge is 0.299 e. The molecule has 0 heterocycles. The van der Waals surface area contributed by atoms with Crippen molar-refractivity contribution >= 4 is 23.6 Å². The van der Waals surface area contributed by atoms with Gasteiger partial charge in [0.05, 0.1) is 11.3 Å². The Labute approximate surface area is 197 Å². The molecule has 0 spiro atoms. The van der Waals surface area contributed by atoms with E-state index in [1.54, 1.807) is 13.8 Å². The van der Waals surface area contributed by atoms with E-state index >= 15 is 0 Å². The van der Waals surface area contributed by atoms with Crippen molar-refractivity contribution < 1.29 is 19.2 Å². The van der Waals surface area contributed by atoms with Gasteiger partial charge in [0.1, 0.15) is 11.6 Å². The maximum absolute atomic E-state index is 14.0. The van der Waals surface area contributed by atoms with Crippen LogP contribution in [0, 0.1) is 45.8 Å². The predicted octanol–water partition coefficient (Wildman–Crippen LogP) is 6.64. The van der Waals surface area contributed by atoms with E-state index in [-0.39, 0.29) is 40.5 Å². The minimum absolute atomic E-state index is 0.0957. The molecule has 0 amide bonds. The average molecular weight is 450 g/mol. The van der Waals surface area contributed by atoms with E-state index in [0.29, 0.717) is 25.7 Å². The van der Waals surface area contributed by atoms with Crippen LogP contribution < -0.4 is 0 Å². The molecule has 0 fully saturated rings. The summed E-state index contributed by atoms with van der Waals surface area (Å²) in [6.45, 7) is 22.9. The molecule has 0 aromatic rings. The minimum atomic E-state index is -1.22. The summed E-state index contributed by atoms with van der Waals surface area (Å²) in [5, 5.41) is 0. The number of Topliss-reactive ketones (excluding diaryl/α,β-unsaturated/α-hetero) is 3. The zero-order valence-corrected chi connectivity index (χ0v) is 22.8. The summed E-state index contributed by atoms with van der Waals surface area (Å²) in [4.78, 5) is 53.5. The lowest BCUT2D eigenvalue weighted by molar-refractivity contribution is -0.148. The van der Waals surface area contributed by atoms with E-state index in [9.17, 15) is 19.2 Å². The third kappa shape index (κ3) is 5.97. The Morgan fingerprint density at radius 3 is 1.56 bits per heavy atom. The molecule has 0 aliphatic rings. The first-order valence-electron chi connectivity index (χ1n) is 12.6. The zero-order chi connectivity index (χ0) is 25.7. The second kappa shape index (κ2) is 11.7. The lowest BCUT2D eigenvalue weighted by Gasteiger charge is -2.44. The Kier molecular flexibility index (Phi) is 11.2. The summed E-state index contributed by atoms with van der Waals surface area (Å²) < 4.78 is 0. The van der Waals surface area contributed by atoms with Crippen LogP contribution >= 0.6 is 0 Å². The summed E-state index contributed by atoms with van der Waals surface area (Å²) in [5.41, 5.74) is -2.54. The lowest BCUT2D eigenvalue weighted by atomic mass is 9.56. The van der Waals surface area contributed by atoms with Gasteiger partial charge in [-0.3, -0.25) is 19.2 Å². The van der Waals surface area contributed by atoms with Crippen molar-refractivity contribution in [2.45, 2.75) is 109 Å². The van der Waals surface area contributed by atoms with E-state index < -0.39 is 22.7 Å². The monoisotopic (exact) mass is 449 g/mol.